The summed E-state index contributed by atoms with van der Waals surface area (Å²) in [5.74, 6) is -0.249. The number of amides is 1. The van der Waals surface area contributed by atoms with Gasteiger partial charge < -0.3 is 16.0 Å². The number of hydrogen-bond donors (Lipinski definition) is 3. The number of nitrogen functional groups attached to an aromatic ring is 1. The molecule has 2 aliphatic rings. The highest BCUT2D eigenvalue weighted by Gasteiger charge is 2.34. The van der Waals surface area contributed by atoms with Gasteiger partial charge in [0.1, 0.15) is 5.69 Å². The van der Waals surface area contributed by atoms with E-state index in [-0.39, 0.29) is 23.5 Å². The van der Waals surface area contributed by atoms with Crippen molar-refractivity contribution in [3.8, 4) is 0 Å². The van der Waals surface area contributed by atoms with Gasteiger partial charge in [0.2, 0.25) is 0 Å². The molecule has 0 spiro atoms. The number of nitrogens with zero attached hydrogens (tertiary/aromatic N) is 5. The van der Waals surface area contributed by atoms with Crippen LogP contribution in [-0.4, -0.2) is 69.8 Å². The maximum atomic E-state index is 13.5. The van der Waals surface area contributed by atoms with Gasteiger partial charge in [-0.05, 0) is 70.1 Å². The number of likely N-dealkylation sites (tertiary alicyclic amines) is 1. The van der Waals surface area contributed by atoms with E-state index < -0.39 is 11.9 Å². The number of hydrogen-bond acceptors (Lipinski definition) is 7. The molecule has 1 amide bonds. The number of anilines is 2. The molecule has 2 fully saturated rings. The summed E-state index contributed by atoms with van der Waals surface area (Å²) in [6.07, 6.45) is 2.29. The van der Waals surface area contributed by atoms with Crippen molar-refractivity contribution in [1.29, 1.82) is 0 Å². The lowest BCUT2D eigenvalue weighted by atomic mass is 10.0. The van der Waals surface area contributed by atoms with Crippen LogP contribution < -0.4 is 16.5 Å². The first kappa shape index (κ1) is 25.3. The molecule has 2 saturated heterocycles. The van der Waals surface area contributed by atoms with Crippen molar-refractivity contribution in [2.75, 3.05) is 44.3 Å². The smallest absolute Gasteiger partial charge is 0.399 e. The third kappa shape index (κ3) is 5.80. The lowest BCUT2D eigenvalue weighted by Crippen LogP contribution is -2.51. The number of fused-ring (bicyclic) bond motifs is 1. The molecular weight excluding hydrogens is 485 g/mol. The Labute approximate surface area is 212 Å². The molecule has 2 aliphatic heterocycles. The molecule has 0 aliphatic carbocycles. The van der Waals surface area contributed by atoms with Gasteiger partial charge in [-0.2, -0.15) is 18.3 Å². The van der Waals surface area contributed by atoms with Crippen LogP contribution in [0.2, 0.25) is 0 Å². The SMILES string of the molecule is CN1CCC(n2cc(C(=O)NN3CCCC(Nc4cc(C(F)(F)F)nc5ccc(N)cc45)C3)cn2)CC1. The monoisotopic (exact) mass is 516 g/mol. The highest BCUT2D eigenvalue weighted by molar-refractivity contribution is 5.94. The summed E-state index contributed by atoms with van der Waals surface area (Å²) in [5, 5.41) is 9.99. The zero-order valence-corrected chi connectivity index (χ0v) is 20.6. The molecule has 1 atom stereocenters. The normalized spacial score (nSPS) is 20.3. The summed E-state index contributed by atoms with van der Waals surface area (Å²) in [6, 6.07) is 5.78. The summed E-state index contributed by atoms with van der Waals surface area (Å²) in [6.45, 7) is 3.07. The Kier molecular flexibility index (Phi) is 6.95. The van der Waals surface area contributed by atoms with Gasteiger partial charge in [-0.3, -0.25) is 14.9 Å². The largest absolute Gasteiger partial charge is 0.433 e. The van der Waals surface area contributed by atoms with Gasteiger partial charge in [0.25, 0.3) is 5.91 Å². The fourth-order valence-electron chi connectivity index (χ4n) is 5.05. The molecule has 4 heterocycles. The van der Waals surface area contributed by atoms with Crippen molar-refractivity contribution in [3.05, 3.63) is 47.9 Å². The quantitative estimate of drug-likeness (QED) is 0.446. The van der Waals surface area contributed by atoms with Gasteiger partial charge in [-0.25, -0.2) is 9.99 Å². The average Bonchev–Trinajstić information content (AvgIpc) is 3.35. The average molecular weight is 517 g/mol. The van der Waals surface area contributed by atoms with Crippen LogP contribution >= 0.6 is 0 Å². The van der Waals surface area contributed by atoms with Gasteiger partial charge in [0.05, 0.1) is 23.3 Å². The Bertz CT molecular complexity index is 1270. The van der Waals surface area contributed by atoms with E-state index in [0.29, 0.717) is 35.4 Å². The van der Waals surface area contributed by atoms with Gasteiger partial charge in [-0.15, -0.1) is 0 Å². The third-order valence-corrected chi connectivity index (χ3v) is 7.09. The fourth-order valence-corrected chi connectivity index (χ4v) is 5.05. The van der Waals surface area contributed by atoms with Gasteiger partial charge in [0, 0.05) is 42.1 Å². The lowest BCUT2D eigenvalue weighted by molar-refractivity contribution is -0.140. The third-order valence-electron chi connectivity index (χ3n) is 7.09. The molecule has 3 aromatic rings. The van der Waals surface area contributed by atoms with Crippen LogP contribution in [0, 0.1) is 0 Å². The van der Waals surface area contributed by atoms with Crippen LogP contribution in [0.4, 0.5) is 24.5 Å². The number of pyridine rings is 1. The number of benzene rings is 1. The van der Waals surface area contributed by atoms with Crippen LogP contribution in [0.15, 0.2) is 36.7 Å². The number of carbonyl (C=O) groups excluding carboxylic acids is 1. The van der Waals surface area contributed by atoms with Gasteiger partial charge in [-0.1, -0.05) is 0 Å². The van der Waals surface area contributed by atoms with Crippen LogP contribution in [0.3, 0.4) is 0 Å². The number of nitrogens with two attached hydrogens (primary N) is 1. The molecule has 0 radical (unpaired) electrons. The summed E-state index contributed by atoms with van der Waals surface area (Å²) in [7, 11) is 2.10. The minimum Gasteiger partial charge on any atom is -0.399 e. The number of hydrazine groups is 1. The van der Waals surface area contributed by atoms with E-state index in [1.165, 1.54) is 12.1 Å². The zero-order chi connectivity index (χ0) is 26.2. The molecule has 4 N–H and O–H groups in total. The first-order valence-corrected chi connectivity index (χ1v) is 12.5. The van der Waals surface area contributed by atoms with E-state index in [1.54, 1.807) is 23.5 Å². The van der Waals surface area contributed by atoms with Crippen molar-refractivity contribution < 1.29 is 18.0 Å². The van der Waals surface area contributed by atoms with Crippen molar-refractivity contribution in [3.63, 3.8) is 0 Å². The van der Waals surface area contributed by atoms with Crippen LogP contribution in [0.1, 0.15) is 47.8 Å². The molecule has 37 heavy (non-hydrogen) atoms. The van der Waals surface area contributed by atoms with Crippen LogP contribution in [-0.2, 0) is 6.18 Å². The van der Waals surface area contributed by atoms with E-state index in [4.69, 9.17) is 5.73 Å². The highest BCUT2D eigenvalue weighted by Crippen LogP contribution is 2.34. The first-order valence-electron chi connectivity index (χ1n) is 12.5. The van der Waals surface area contributed by atoms with E-state index in [9.17, 15) is 18.0 Å². The number of piperidine rings is 2. The molecule has 1 aromatic carbocycles. The molecule has 198 valence electrons. The van der Waals surface area contributed by atoms with Crippen molar-refractivity contribution in [2.45, 2.75) is 43.9 Å². The Balaban J connectivity index is 1.26. The Morgan fingerprint density at radius 1 is 1.14 bits per heavy atom. The minimum absolute atomic E-state index is 0.177. The molecule has 9 nitrogen and oxygen atoms in total. The number of aromatic nitrogens is 3. The maximum absolute atomic E-state index is 13.5. The summed E-state index contributed by atoms with van der Waals surface area (Å²) < 4.78 is 42.3. The summed E-state index contributed by atoms with van der Waals surface area (Å²) in [5.41, 5.74) is 9.33. The Morgan fingerprint density at radius 3 is 2.68 bits per heavy atom. The van der Waals surface area contributed by atoms with Gasteiger partial charge >= 0.3 is 6.18 Å². The fraction of sp³-hybridized carbons (Fsp3) is 0.480. The predicted molar refractivity (Wildman–Crippen MR) is 135 cm³/mol. The molecule has 2 aromatic heterocycles. The van der Waals surface area contributed by atoms with Crippen LogP contribution in [0.25, 0.3) is 10.9 Å². The number of alkyl halides is 3. The molecule has 0 saturated carbocycles. The van der Waals surface area contributed by atoms with Gasteiger partial charge in [0.15, 0.2) is 0 Å². The second kappa shape index (κ2) is 10.2. The predicted octanol–water partition coefficient (Wildman–Crippen LogP) is 3.52. The van der Waals surface area contributed by atoms with Crippen molar-refractivity contribution >= 4 is 28.2 Å². The zero-order valence-electron chi connectivity index (χ0n) is 20.6. The first-order chi connectivity index (χ1) is 17.7. The second-order valence-corrected chi connectivity index (χ2v) is 9.94. The summed E-state index contributed by atoms with van der Waals surface area (Å²) in [4.78, 5) is 19.0. The molecule has 0 bridgehead atoms. The molecular formula is C25H31F3N8O. The van der Waals surface area contributed by atoms with E-state index in [1.807, 2.05) is 4.68 Å². The van der Waals surface area contributed by atoms with E-state index >= 15 is 0 Å². The number of carbonyl (C=O) groups is 1. The number of nitrogens with one attached hydrogen (secondary N) is 2. The van der Waals surface area contributed by atoms with Crippen LogP contribution in [0.5, 0.6) is 0 Å². The topological polar surface area (TPSA) is 104 Å². The molecule has 12 heteroatoms. The van der Waals surface area contributed by atoms with Crippen molar-refractivity contribution in [2.24, 2.45) is 0 Å². The second-order valence-electron chi connectivity index (χ2n) is 9.94. The van der Waals surface area contributed by atoms with E-state index in [0.717, 1.165) is 44.8 Å². The standard InChI is InChI=1S/C25H31F3N8O/c1-34-9-6-19(7-10-34)36-14-16(13-30-36)24(37)33-35-8-2-3-18(15-35)31-22-12-23(25(26,27)28)32-21-5-4-17(29)11-20(21)22/h4-5,11-14,18-19H,2-3,6-10,15,29H2,1H3,(H,31,32)(H,33,37). The Morgan fingerprint density at radius 2 is 1.92 bits per heavy atom. The number of rotatable bonds is 5. The number of halogens is 3. The summed E-state index contributed by atoms with van der Waals surface area (Å²) >= 11 is 0. The minimum atomic E-state index is -4.57. The Hall–Kier alpha value is -3.38. The molecule has 1 unspecified atom stereocenters. The lowest BCUT2D eigenvalue weighted by Gasteiger charge is -2.34. The van der Waals surface area contributed by atoms with E-state index in [2.05, 4.69) is 32.8 Å². The highest BCUT2D eigenvalue weighted by atomic mass is 19.4. The molecule has 5 rings (SSSR count). The maximum Gasteiger partial charge on any atom is 0.433 e. The van der Waals surface area contributed by atoms with Crippen molar-refractivity contribution in [1.82, 2.24) is 30.1 Å².